The number of rotatable bonds is 8. The van der Waals surface area contributed by atoms with Gasteiger partial charge in [0.25, 0.3) is 0 Å². The number of aliphatic carboxylic acids is 1. The number of ether oxygens (including phenoxy) is 2. The number of hydrogen-bond donors (Lipinski definition) is 1. The third-order valence-corrected chi connectivity index (χ3v) is 5.88. The molecule has 0 saturated heterocycles. The Bertz CT molecular complexity index is 1430. The summed E-state index contributed by atoms with van der Waals surface area (Å²) in [7, 11) is 0. The smallest absolute Gasteiger partial charge is 0.328 e. The standard InChI is InChI=1S/C29H25N3O5/c33-27(13-14-28(34)35)31(18-21-7-3-1-4-8-21)19-23-20-32(24-9-5-2-6-10-24)30-29(23)22-11-12-25-26(17-22)37-16-15-36-25/h1-14,17,20H,15-16,18-19H2,(H,34,35). The van der Waals surface area contributed by atoms with Crippen LogP contribution in [0.2, 0.25) is 0 Å². The molecule has 1 aliphatic rings. The minimum Gasteiger partial charge on any atom is -0.486 e. The second kappa shape index (κ2) is 10.8. The first-order valence-electron chi connectivity index (χ1n) is 11.8. The van der Waals surface area contributed by atoms with E-state index in [2.05, 4.69) is 0 Å². The summed E-state index contributed by atoms with van der Waals surface area (Å²) in [4.78, 5) is 25.8. The van der Waals surface area contributed by atoms with E-state index >= 15 is 0 Å². The van der Waals surface area contributed by atoms with Crippen molar-refractivity contribution < 1.29 is 24.2 Å². The third kappa shape index (κ3) is 5.70. The van der Waals surface area contributed by atoms with Gasteiger partial charge in [0.05, 0.1) is 17.9 Å². The molecular formula is C29H25N3O5. The van der Waals surface area contributed by atoms with Gasteiger partial charge in [-0.2, -0.15) is 5.10 Å². The van der Waals surface area contributed by atoms with Gasteiger partial charge in [-0.25, -0.2) is 9.48 Å². The number of carbonyl (C=O) groups excluding carboxylic acids is 1. The number of benzene rings is 3. The molecule has 1 N–H and O–H groups in total. The molecule has 1 amide bonds. The fourth-order valence-corrected chi connectivity index (χ4v) is 4.14. The Kier molecular flexibility index (Phi) is 6.98. The summed E-state index contributed by atoms with van der Waals surface area (Å²) < 4.78 is 13.2. The van der Waals surface area contributed by atoms with Crippen LogP contribution in [0, 0.1) is 0 Å². The third-order valence-electron chi connectivity index (χ3n) is 5.88. The number of carboxylic acids is 1. The molecule has 8 nitrogen and oxygen atoms in total. The molecule has 37 heavy (non-hydrogen) atoms. The first kappa shape index (κ1) is 23.9. The van der Waals surface area contributed by atoms with E-state index in [4.69, 9.17) is 19.7 Å². The van der Waals surface area contributed by atoms with Gasteiger partial charge in [-0.05, 0) is 35.9 Å². The maximum Gasteiger partial charge on any atom is 0.328 e. The van der Waals surface area contributed by atoms with E-state index in [1.165, 1.54) is 0 Å². The highest BCUT2D eigenvalue weighted by Crippen LogP contribution is 2.35. The summed E-state index contributed by atoms with van der Waals surface area (Å²) in [6, 6.07) is 24.9. The Morgan fingerprint density at radius 3 is 2.32 bits per heavy atom. The molecule has 1 aromatic heterocycles. The average Bonchev–Trinajstić information content (AvgIpc) is 3.36. The lowest BCUT2D eigenvalue weighted by molar-refractivity contribution is -0.132. The zero-order chi connectivity index (χ0) is 25.6. The van der Waals surface area contributed by atoms with Crippen LogP contribution in [0.4, 0.5) is 0 Å². The van der Waals surface area contributed by atoms with Gasteiger partial charge in [-0.15, -0.1) is 0 Å². The predicted octanol–water partition coefficient (Wildman–Crippen LogP) is 4.48. The van der Waals surface area contributed by atoms with E-state index in [0.29, 0.717) is 37.0 Å². The van der Waals surface area contributed by atoms with Gasteiger partial charge in [-0.3, -0.25) is 4.79 Å². The molecule has 0 radical (unpaired) electrons. The van der Waals surface area contributed by atoms with Crippen molar-refractivity contribution in [2.24, 2.45) is 0 Å². The Labute approximate surface area is 214 Å². The summed E-state index contributed by atoms with van der Waals surface area (Å²) in [5.74, 6) is -0.266. The Balaban J connectivity index is 1.55. The van der Waals surface area contributed by atoms with Crippen molar-refractivity contribution >= 4 is 11.9 Å². The van der Waals surface area contributed by atoms with Crippen molar-refractivity contribution in [3.05, 3.63) is 108 Å². The van der Waals surface area contributed by atoms with Crippen LogP contribution in [0.1, 0.15) is 11.1 Å². The SMILES string of the molecule is O=C(O)C=CC(=O)N(Cc1ccccc1)Cc1cn(-c2ccccc2)nc1-c1ccc2c(c1)OCCO2. The molecule has 0 spiro atoms. The molecule has 1 aliphatic heterocycles. The molecule has 186 valence electrons. The summed E-state index contributed by atoms with van der Waals surface area (Å²) in [5.41, 5.74) is 4.11. The predicted molar refractivity (Wildman–Crippen MR) is 137 cm³/mol. The summed E-state index contributed by atoms with van der Waals surface area (Å²) in [6.07, 6.45) is 3.83. The molecule has 5 rings (SSSR count). The molecule has 0 bridgehead atoms. The number of carbonyl (C=O) groups is 2. The Morgan fingerprint density at radius 1 is 0.892 bits per heavy atom. The second-order valence-electron chi connectivity index (χ2n) is 8.49. The summed E-state index contributed by atoms with van der Waals surface area (Å²) in [5, 5.41) is 13.9. The average molecular weight is 496 g/mol. The van der Waals surface area contributed by atoms with Crippen molar-refractivity contribution in [1.82, 2.24) is 14.7 Å². The molecule has 4 aromatic rings. The van der Waals surface area contributed by atoms with Crippen molar-refractivity contribution in [3.8, 4) is 28.4 Å². The topological polar surface area (TPSA) is 93.9 Å². The van der Waals surface area contributed by atoms with Crippen LogP contribution in [-0.4, -0.2) is 44.9 Å². The van der Waals surface area contributed by atoms with E-state index in [9.17, 15) is 9.59 Å². The quantitative estimate of drug-likeness (QED) is 0.362. The zero-order valence-electron chi connectivity index (χ0n) is 20.0. The second-order valence-corrected chi connectivity index (χ2v) is 8.49. The molecule has 0 fully saturated rings. The van der Waals surface area contributed by atoms with Crippen LogP contribution >= 0.6 is 0 Å². The van der Waals surface area contributed by atoms with Crippen LogP contribution in [-0.2, 0) is 22.7 Å². The van der Waals surface area contributed by atoms with Gasteiger partial charge < -0.3 is 19.5 Å². The van der Waals surface area contributed by atoms with Crippen LogP contribution in [0.25, 0.3) is 16.9 Å². The Morgan fingerprint density at radius 2 is 1.59 bits per heavy atom. The van der Waals surface area contributed by atoms with Gasteiger partial charge in [0.2, 0.25) is 5.91 Å². The largest absolute Gasteiger partial charge is 0.486 e. The molecule has 8 heteroatoms. The van der Waals surface area contributed by atoms with Crippen molar-refractivity contribution in [2.75, 3.05) is 13.2 Å². The number of carboxylic acid groups (broad SMARTS) is 1. The monoisotopic (exact) mass is 495 g/mol. The molecule has 0 aliphatic carbocycles. The lowest BCUT2D eigenvalue weighted by atomic mass is 10.1. The number of hydrogen-bond acceptors (Lipinski definition) is 5. The first-order chi connectivity index (χ1) is 18.1. The van der Waals surface area contributed by atoms with Crippen molar-refractivity contribution in [3.63, 3.8) is 0 Å². The maximum absolute atomic E-state index is 13.1. The minimum atomic E-state index is -1.18. The number of aromatic nitrogens is 2. The number of fused-ring (bicyclic) bond motifs is 1. The fraction of sp³-hybridized carbons (Fsp3) is 0.138. The highest BCUT2D eigenvalue weighted by Gasteiger charge is 2.21. The molecule has 0 unspecified atom stereocenters. The Hall–Kier alpha value is -4.85. The normalized spacial score (nSPS) is 12.4. The van der Waals surface area contributed by atoms with Gasteiger partial charge in [-0.1, -0.05) is 48.5 Å². The lowest BCUT2D eigenvalue weighted by Crippen LogP contribution is -2.28. The van der Waals surface area contributed by atoms with Crippen LogP contribution < -0.4 is 9.47 Å². The summed E-state index contributed by atoms with van der Waals surface area (Å²) >= 11 is 0. The maximum atomic E-state index is 13.1. The van der Waals surface area contributed by atoms with E-state index < -0.39 is 11.9 Å². The van der Waals surface area contributed by atoms with E-state index in [1.54, 1.807) is 9.58 Å². The van der Waals surface area contributed by atoms with Gasteiger partial charge >= 0.3 is 5.97 Å². The zero-order valence-corrected chi connectivity index (χ0v) is 20.0. The number of amides is 1. The molecular weight excluding hydrogens is 470 g/mol. The summed E-state index contributed by atoms with van der Waals surface area (Å²) in [6.45, 7) is 1.49. The molecule has 3 aromatic carbocycles. The van der Waals surface area contributed by atoms with Crippen LogP contribution in [0.5, 0.6) is 11.5 Å². The highest BCUT2D eigenvalue weighted by molar-refractivity contribution is 5.94. The molecule has 0 atom stereocenters. The minimum absolute atomic E-state index is 0.217. The van der Waals surface area contributed by atoms with Gasteiger partial charge in [0, 0.05) is 36.0 Å². The van der Waals surface area contributed by atoms with E-state index in [-0.39, 0.29) is 6.54 Å². The first-order valence-corrected chi connectivity index (χ1v) is 11.8. The van der Waals surface area contributed by atoms with Gasteiger partial charge in [0.15, 0.2) is 11.5 Å². The van der Waals surface area contributed by atoms with Crippen LogP contribution in [0.3, 0.4) is 0 Å². The number of nitrogens with zero attached hydrogens (tertiary/aromatic N) is 3. The van der Waals surface area contributed by atoms with Crippen LogP contribution in [0.15, 0.2) is 97.2 Å². The lowest BCUT2D eigenvalue weighted by Gasteiger charge is -2.22. The number of para-hydroxylation sites is 1. The van der Waals surface area contributed by atoms with E-state index in [1.807, 2.05) is 85.1 Å². The van der Waals surface area contributed by atoms with Crippen molar-refractivity contribution in [1.29, 1.82) is 0 Å². The van der Waals surface area contributed by atoms with Crippen molar-refractivity contribution in [2.45, 2.75) is 13.1 Å². The molecule has 2 heterocycles. The van der Waals surface area contributed by atoms with E-state index in [0.717, 1.165) is 34.5 Å². The van der Waals surface area contributed by atoms with Gasteiger partial charge in [0.1, 0.15) is 13.2 Å². The fourth-order valence-electron chi connectivity index (χ4n) is 4.14. The highest BCUT2D eigenvalue weighted by atomic mass is 16.6. The molecule has 0 saturated carbocycles.